The van der Waals surface area contributed by atoms with Crippen molar-refractivity contribution in [3.8, 4) is 0 Å². The van der Waals surface area contributed by atoms with Gasteiger partial charge in [-0.1, -0.05) is 24.3 Å². The molecule has 118 valence electrons. The average Bonchev–Trinajstić information content (AvgIpc) is 2.91. The molecule has 0 amide bonds. The summed E-state index contributed by atoms with van der Waals surface area (Å²) < 4.78 is 24.1. The van der Waals surface area contributed by atoms with Gasteiger partial charge in [0, 0.05) is 6.54 Å². The lowest BCUT2D eigenvalue weighted by Crippen LogP contribution is -2.30. The first-order chi connectivity index (χ1) is 10.1. The van der Waals surface area contributed by atoms with Crippen LogP contribution < -0.4 is 0 Å². The predicted molar refractivity (Wildman–Crippen MR) is 85.5 cm³/mol. The third kappa shape index (κ3) is 3.95. The van der Waals surface area contributed by atoms with E-state index in [1.54, 1.807) is 0 Å². The molecular formula is C16H26NO3P. The second-order valence-electron chi connectivity index (χ2n) is 5.40. The van der Waals surface area contributed by atoms with Gasteiger partial charge in [-0.2, -0.15) is 0 Å². The molecule has 5 heteroatoms. The molecule has 1 aliphatic rings. The Kier molecular flexibility index (Phi) is 6.00. The molecule has 0 spiro atoms. The third-order valence-electron chi connectivity index (χ3n) is 3.95. The SMILES string of the molecule is CCOP(=O)(OCC)C1CCCN1Cc1ccccc1C. The van der Waals surface area contributed by atoms with Crippen LogP contribution >= 0.6 is 7.60 Å². The van der Waals surface area contributed by atoms with Gasteiger partial charge >= 0.3 is 7.60 Å². The Morgan fingerprint density at radius 2 is 1.90 bits per heavy atom. The first-order valence-electron chi connectivity index (χ1n) is 7.78. The van der Waals surface area contributed by atoms with Gasteiger partial charge in [0.2, 0.25) is 0 Å². The third-order valence-corrected chi connectivity index (χ3v) is 6.50. The molecule has 21 heavy (non-hydrogen) atoms. The standard InChI is InChI=1S/C16H26NO3P/c1-4-19-21(18,20-5-2)16-11-8-12-17(16)13-15-10-7-6-9-14(15)3/h6-7,9-10,16H,4-5,8,11-13H2,1-3H3. The zero-order chi connectivity index (χ0) is 15.3. The van der Waals surface area contributed by atoms with Crippen LogP contribution in [0.3, 0.4) is 0 Å². The fourth-order valence-electron chi connectivity index (χ4n) is 2.93. The predicted octanol–water partition coefficient (Wildman–Crippen LogP) is 4.18. The lowest BCUT2D eigenvalue weighted by atomic mass is 10.1. The van der Waals surface area contributed by atoms with Crippen molar-refractivity contribution in [2.24, 2.45) is 0 Å². The fourth-order valence-corrected chi connectivity index (χ4v) is 5.16. The van der Waals surface area contributed by atoms with Crippen LogP contribution in [0.5, 0.6) is 0 Å². The number of hydrogen-bond acceptors (Lipinski definition) is 4. The average molecular weight is 311 g/mol. The number of benzene rings is 1. The lowest BCUT2D eigenvalue weighted by molar-refractivity contribution is 0.179. The molecule has 0 saturated carbocycles. The minimum Gasteiger partial charge on any atom is -0.308 e. The quantitative estimate of drug-likeness (QED) is 0.708. The van der Waals surface area contributed by atoms with Crippen molar-refractivity contribution in [3.63, 3.8) is 0 Å². The molecule has 1 aromatic rings. The van der Waals surface area contributed by atoms with Crippen LogP contribution in [0.25, 0.3) is 0 Å². The van der Waals surface area contributed by atoms with Crippen LogP contribution in [0.2, 0.25) is 0 Å². The Morgan fingerprint density at radius 3 is 2.52 bits per heavy atom. The van der Waals surface area contributed by atoms with Gasteiger partial charge in [-0.3, -0.25) is 9.46 Å². The smallest absolute Gasteiger partial charge is 0.308 e. The monoisotopic (exact) mass is 311 g/mol. The summed E-state index contributed by atoms with van der Waals surface area (Å²) in [6.45, 7) is 8.45. The van der Waals surface area contributed by atoms with E-state index in [0.29, 0.717) is 13.2 Å². The van der Waals surface area contributed by atoms with Gasteiger partial charge in [0.25, 0.3) is 0 Å². The van der Waals surface area contributed by atoms with Crippen LogP contribution in [0.15, 0.2) is 24.3 Å². The van der Waals surface area contributed by atoms with Gasteiger partial charge in [0.1, 0.15) is 5.78 Å². The minimum atomic E-state index is -3.05. The summed E-state index contributed by atoms with van der Waals surface area (Å²) in [5.74, 6) is -0.114. The van der Waals surface area contributed by atoms with Crippen molar-refractivity contribution < 1.29 is 13.6 Å². The van der Waals surface area contributed by atoms with Gasteiger partial charge in [-0.25, -0.2) is 0 Å². The number of aryl methyl sites for hydroxylation is 1. The van der Waals surface area contributed by atoms with Crippen LogP contribution in [0.4, 0.5) is 0 Å². The van der Waals surface area contributed by atoms with Crippen molar-refractivity contribution in [1.82, 2.24) is 4.90 Å². The molecule has 0 bridgehead atoms. The summed E-state index contributed by atoms with van der Waals surface area (Å²) in [6.07, 6.45) is 1.92. The number of nitrogens with zero attached hydrogens (tertiary/aromatic N) is 1. The summed E-state index contributed by atoms with van der Waals surface area (Å²) in [6, 6.07) is 8.35. The van der Waals surface area contributed by atoms with Crippen molar-refractivity contribution >= 4 is 7.60 Å². The van der Waals surface area contributed by atoms with E-state index in [2.05, 4.69) is 30.0 Å². The Hall–Kier alpha value is -0.670. The minimum absolute atomic E-state index is 0.114. The molecule has 2 rings (SSSR count). The largest absolute Gasteiger partial charge is 0.347 e. The van der Waals surface area contributed by atoms with Crippen molar-refractivity contribution in [1.29, 1.82) is 0 Å². The first-order valence-corrected chi connectivity index (χ1v) is 9.39. The topological polar surface area (TPSA) is 38.8 Å². The fraction of sp³-hybridized carbons (Fsp3) is 0.625. The Bertz CT molecular complexity index is 496. The van der Waals surface area contributed by atoms with E-state index in [1.807, 2.05) is 19.9 Å². The Morgan fingerprint density at radius 1 is 1.24 bits per heavy atom. The van der Waals surface area contributed by atoms with Crippen LogP contribution in [0.1, 0.15) is 37.8 Å². The molecule has 4 nitrogen and oxygen atoms in total. The second kappa shape index (κ2) is 7.55. The van der Waals surface area contributed by atoms with Crippen molar-refractivity contribution in [2.45, 2.75) is 45.9 Å². The Labute approximate surface area is 128 Å². The number of hydrogen-bond donors (Lipinski definition) is 0. The maximum Gasteiger partial charge on any atom is 0.347 e. The number of likely N-dealkylation sites (tertiary alicyclic amines) is 1. The van der Waals surface area contributed by atoms with Crippen LogP contribution in [-0.4, -0.2) is 30.4 Å². The summed E-state index contributed by atoms with van der Waals surface area (Å²) in [7, 11) is -3.05. The van der Waals surface area contributed by atoms with Gasteiger partial charge < -0.3 is 9.05 Å². The molecule has 0 aliphatic carbocycles. The van der Waals surface area contributed by atoms with Crippen molar-refractivity contribution in [2.75, 3.05) is 19.8 Å². The van der Waals surface area contributed by atoms with E-state index in [-0.39, 0.29) is 5.78 Å². The van der Waals surface area contributed by atoms with E-state index in [0.717, 1.165) is 25.9 Å². The van der Waals surface area contributed by atoms with Crippen molar-refractivity contribution in [3.05, 3.63) is 35.4 Å². The molecule has 1 saturated heterocycles. The summed E-state index contributed by atoms with van der Waals surface area (Å²) in [5, 5.41) is 0. The maximum absolute atomic E-state index is 13.0. The maximum atomic E-state index is 13.0. The summed E-state index contributed by atoms with van der Waals surface area (Å²) in [4.78, 5) is 2.26. The second-order valence-corrected chi connectivity index (χ2v) is 7.59. The van der Waals surface area contributed by atoms with Gasteiger partial charge in [-0.05, 0) is 51.3 Å². The van der Waals surface area contributed by atoms with E-state index in [9.17, 15) is 4.57 Å². The number of rotatable bonds is 7. The van der Waals surface area contributed by atoms with Gasteiger partial charge in [0.05, 0.1) is 13.2 Å². The summed E-state index contributed by atoms with van der Waals surface area (Å²) >= 11 is 0. The van der Waals surface area contributed by atoms with E-state index in [4.69, 9.17) is 9.05 Å². The van der Waals surface area contributed by atoms with Crippen LogP contribution in [-0.2, 0) is 20.2 Å². The highest BCUT2D eigenvalue weighted by Crippen LogP contribution is 2.57. The lowest BCUT2D eigenvalue weighted by Gasteiger charge is -2.30. The highest BCUT2D eigenvalue weighted by Gasteiger charge is 2.42. The first kappa shape index (κ1) is 16.7. The molecule has 0 N–H and O–H groups in total. The Balaban J connectivity index is 2.16. The molecule has 1 aromatic carbocycles. The molecule has 1 heterocycles. The summed E-state index contributed by atoms with van der Waals surface area (Å²) in [5.41, 5.74) is 2.55. The highest BCUT2D eigenvalue weighted by atomic mass is 31.2. The molecule has 1 unspecified atom stereocenters. The van der Waals surface area contributed by atoms with E-state index < -0.39 is 7.60 Å². The molecule has 1 aliphatic heterocycles. The highest BCUT2D eigenvalue weighted by molar-refractivity contribution is 7.54. The molecule has 1 fully saturated rings. The molecule has 1 atom stereocenters. The zero-order valence-electron chi connectivity index (χ0n) is 13.2. The normalized spacial score (nSPS) is 20.0. The van der Waals surface area contributed by atoms with Gasteiger partial charge in [0.15, 0.2) is 0 Å². The van der Waals surface area contributed by atoms with Gasteiger partial charge in [-0.15, -0.1) is 0 Å². The van der Waals surface area contributed by atoms with E-state index >= 15 is 0 Å². The molecule has 0 radical (unpaired) electrons. The zero-order valence-corrected chi connectivity index (χ0v) is 14.1. The van der Waals surface area contributed by atoms with E-state index in [1.165, 1.54) is 11.1 Å². The molecular weight excluding hydrogens is 285 g/mol. The molecule has 0 aromatic heterocycles. The van der Waals surface area contributed by atoms with Crippen LogP contribution in [0, 0.1) is 6.92 Å².